The maximum Gasteiger partial charge on any atom is 0.225 e. The third kappa shape index (κ3) is 6.53. The highest BCUT2D eigenvalue weighted by Crippen LogP contribution is 2.43. The smallest absolute Gasteiger partial charge is 0.225 e. The zero-order valence-corrected chi connectivity index (χ0v) is 20.9. The Bertz CT molecular complexity index is 775. The van der Waals surface area contributed by atoms with Crippen molar-refractivity contribution < 1.29 is 23.8 Å². The Morgan fingerprint density at radius 2 is 1.66 bits per heavy atom. The van der Waals surface area contributed by atoms with Crippen LogP contribution < -0.4 is 19.5 Å². The Labute approximate surface area is 192 Å². The second kappa shape index (κ2) is 10.9. The Hall–Kier alpha value is -2.44. The monoisotopic (exact) mass is 448 g/mol. The van der Waals surface area contributed by atoms with Crippen molar-refractivity contribution in [2.75, 3.05) is 41.0 Å². The van der Waals surface area contributed by atoms with Crippen molar-refractivity contribution in [2.45, 2.75) is 53.4 Å². The molecular formula is C25H40N2O5. The van der Waals surface area contributed by atoms with E-state index in [-0.39, 0.29) is 29.1 Å². The van der Waals surface area contributed by atoms with Crippen molar-refractivity contribution in [1.82, 2.24) is 10.2 Å². The summed E-state index contributed by atoms with van der Waals surface area (Å²) in [6.45, 7) is 11.9. The molecule has 0 saturated carbocycles. The van der Waals surface area contributed by atoms with E-state index in [9.17, 15) is 9.59 Å². The van der Waals surface area contributed by atoms with Gasteiger partial charge in [-0.1, -0.05) is 34.6 Å². The molecule has 32 heavy (non-hydrogen) atoms. The molecule has 1 aliphatic heterocycles. The first-order valence-electron chi connectivity index (χ1n) is 11.4. The van der Waals surface area contributed by atoms with Gasteiger partial charge in [0.25, 0.3) is 0 Å². The lowest BCUT2D eigenvalue weighted by Gasteiger charge is -2.23. The largest absolute Gasteiger partial charge is 0.493 e. The third-order valence-corrected chi connectivity index (χ3v) is 5.83. The van der Waals surface area contributed by atoms with Crippen LogP contribution in [0.4, 0.5) is 0 Å². The van der Waals surface area contributed by atoms with Crippen LogP contribution in [-0.2, 0) is 9.59 Å². The van der Waals surface area contributed by atoms with Crippen LogP contribution in [0.2, 0.25) is 0 Å². The van der Waals surface area contributed by atoms with Crippen molar-refractivity contribution in [3.63, 3.8) is 0 Å². The number of rotatable bonds is 9. The molecule has 7 nitrogen and oxygen atoms in total. The molecule has 180 valence electrons. The summed E-state index contributed by atoms with van der Waals surface area (Å²) < 4.78 is 16.5. The van der Waals surface area contributed by atoms with E-state index in [1.54, 1.807) is 21.3 Å². The fourth-order valence-electron chi connectivity index (χ4n) is 4.11. The average Bonchev–Trinajstić information content (AvgIpc) is 3.16. The number of nitrogens with one attached hydrogen (secondary N) is 1. The van der Waals surface area contributed by atoms with Crippen LogP contribution in [0.25, 0.3) is 0 Å². The van der Waals surface area contributed by atoms with Gasteiger partial charge in [-0.05, 0) is 35.4 Å². The molecule has 7 heteroatoms. The topological polar surface area (TPSA) is 77.1 Å². The molecule has 1 aromatic rings. The number of carbonyl (C=O) groups is 2. The van der Waals surface area contributed by atoms with Gasteiger partial charge in [0.15, 0.2) is 11.5 Å². The fourth-order valence-corrected chi connectivity index (χ4v) is 4.11. The zero-order chi connectivity index (χ0) is 24.1. The van der Waals surface area contributed by atoms with Crippen molar-refractivity contribution in [3.8, 4) is 17.2 Å². The van der Waals surface area contributed by atoms with Crippen LogP contribution in [-0.4, -0.2) is 57.7 Å². The number of methoxy groups -OCH3 is 3. The predicted octanol–water partition coefficient (Wildman–Crippen LogP) is 3.85. The lowest BCUT2D eigenvalue weighted by Crippen LogP contribution is -2.37. The highest BCUT2D eigenvalue weighted by molar-refractivity contribution is 5.83. The number of hydrogen-bond donors (Lipinski definition) is 1. The number of amides is 2. The number of nitrogens with zero attached hydrogens (tertiary/aromatic N) is 1. The number of carbonyl (C=O) groups excluding carboxylic acids is 2. The lowest BCUT2D eigenvalue weighted by molar-refractivity contribution is -0.132. The van der Waals surface area contributed by atoms with Gasteiger partial charge in [-0.3, -0.25) is 9.59 Å². The Balaban J connectivity index is 2.36. The minimum absolute atomic E-state index is 0.0181. The standard InChI is InChI=1S/C25H40N2O5/c1-16(2)9-10-26-24(29)19-15-27(22(28)13-25(3,4)5)14-18(19)17-11-20(30-6)23(32-8)21(12-17)31-7/h11-12,16,18-19H,9-10,13-15H2,1-8H3,(H,26,29). The molecule has 0 spiro atoms. The van der Waals surface area contributed by atoms with Crippen LogP contribution in [0.1, 0.15) is 58.9 Å². The summed E-state index contributed by atoms with van der Waals surface area (Å²) in [6, 6.07) is 3.77. The average molecular weight is 449 g/mol. The van der Waals surface area contributed by atoms with E-state index in [0.29, 0.717) is 49.2 Å². The quantitative estimate of drug-likeness (QED) is 0.621. The van der Waals surface area contributed by atoms with Crippen LogP contribution in [0.3, 0.4) is 0 Å². The fraction of sp³-hybridized carbons (Fsp3) is 0.680. The Kier molecular flexibility index (Phi) is 8.81. The molecule has 2 unspecified atom stereocenters. The Morgan fingerprint density at radius 1 is 1.06 bits per heavy atom. The number of ether oxygens (including phenoxy) is 3. The molecular weight excluding hydrogens is 408 g/mol. The summed E-state index contributed by atoms with van der Waals surface area (Å²) in [5.41, 5.74) is 0.783. The Morgan fingerprint density at radius 3 is 2.12 bits per heavy atom. The van der Waals surface area contributed by atoms with E-state index < -0.39 is 0 Å². The molecule has 1 aromatic carbocycles. The maximum atomic E-state index is 13.2. The first-order chi connectivity index (χ1) is 15.0. The normalized spacial score (nSPS) is 18.6. The van der Waals surface area contributed by atoms with Crippen molar-refractivity contribution in [3.05, 3.63) is 17.7 Å². The molecule has 2 atom stereocenters. The van der Waals surface area contributed by atoms with Gasteiger partial charge in [0.1, 0.15) is 0 Å². The van der Waals surface area contributed by atoms with Gasteiger partial charge in [0.05, 0.1) is 27.2 Å². The molecule has 0 aliphatic carbocycles. The molecule has 1 fully saturated rings. The van der Waals surface area contributed by atoms with E-state index in [4.69, 9.17) is 14.2 Å². The molecule has 0 radical (unpaired) electrons. The zero-order valence-electron chi connectivity index (χ0n) is 20.9. The molecule has 2 amide bonds. The van der Waals surface area contributed by atoms with E-state index >= 15 is 0 Å². The summed E-state index contributed by atoms with van der Waals surface area (Å²) in [4.78, 5) is 28.0. The van der Waals surface area contributed by atoms with E-state index in [1.807, 2.05) is 37.8 Å². The van der Waals surface area contributed by atoms with Crippen molar-refractivity contribution >= 4 is 11.8 Å². The van der Waals surface area contributed by atoms with Gasteiger partial charge in [-0.15, -0.1) is 0 Å². The number of benzene rings is 1. The molecule has 1 heterocycles. The molecule has 1 saturated heterocycles. The van der Waals surface area contributed by atoms with Crippen LogP contribution in [0.5, 0.6) is 17.2 Å². The predicted molar refractivity (Wildman–Crippen MR) is 125 cm³/mol. The minimum Gasteiger partial charge on any atom is -0.493 e. The molecule has 1 N–H and O–H groups in total. The summed E-state index contributed by atoms with van der Waals surface area (Å²) in [5, 5.41) is 3.08. The van der Waals surface area contributed by atoms with Crippen molar-refractivity contribution in [1.29, 1.82) is 0 Å². The van der Waals surface area contributed by atoms with Gasteiger partial charge in [-0.25, -0.2) is 0 Å². The summed E-state index contributed by atoms with van der Waals surface area (Å²) in [7, 11) is 4.71. The van der Waals surface area contributed by atoms with E-state index in [2.05, 4.69) is 19.2 Å². The van der Waals surface area contributed by atoms with Gasteiger partial charge in [0.2, 0.25) is 17.6 Å². The summed E-state index contributed by atoms with van der Waals surface area (Å²) in [5.74, 6) is 1.66. The molecule has 2 rings (SSSR count). The highest BCUT2D eigenvalue weighted by atomic mass is 16.5. The van der Waals surface area contributed by atoms with Gasteiger partial charge in [0, 0.05) is 32.0 Å². The van der Waals surface area contributed by atoms with Gasteiger partial charge >= 0.3 is 0 Å². The molecule has 0 bridgehead atoms. The van der Waals surface area contributed by atoms with Crippen LogP contribution >= 0.6 is 0 Å². The molecule has 1 aliphatic rings. The first-order valence-corrected chi connectivity index (χ1v) is 11.4. The molecule has 0 aromatic heterocycles. The summed E-state index contributed by atoms with van der Waals surface area (Å²) in [6.07, 6.45) is 1.36. The second-order valence-electron chi connectivity index (χ2n) is 10.2. The van der Waals surface area contributed by atoms with Crippen LogP contribution in [0.15, 0.2) is 12.1 Å². The maximum absolute atomic E-state index is 13.2. The van der Waals surface area contributed by atoms with E-state index in [0.717, 1.165) is 12.0 Å². The SMILES string of the molecule is COc1cc(C2CN(C(=O)CC(C)(C)C)CC2C(=O)NCCC(C)C)cc(OC)c1OC. The highest BCUT2D eigenvalue weighted by Gasteiger charge is 2.41. The second-order valence-corrected chi connectivity index (χ2v) is 10.2. The summed E-state index contributed by atoms with van der Waals surface area (Å²) >= 11 is 0. The van der Waals surface area contributed by atoms with E-state index in [1.165, 1.54) is 0 Å². The minimum atomic E-state index is -0.339. The number of likely N-dealkylation sites (tertiary alicyclic amines) is 1. The third-order valence-electron chi connectivity index (χ3n) is 5.83. The van der Waals surface area contributed by atoms with Gasteiger partial charge in [-0.2, -0.15) is 0 Å². The van der Waals surface area contributed by atoms with Crippen LogP contribution in [0, 0.1) is 17.3 Å². The number of hydrogen-bond acceptors (Lipinski definition) is 5. The first kappa shape index (κ1) is 25.8. The lowest BCUT2D eigenvalue weighted by atomic mass is 9.87. The van der Waals surface area contributed by atoms with Gasteiger partial charge < -0.3 is 24.4 Å². The van der Waals surface area contributed by atoms with Crippen molar-refractivity contribution in [2.24, 2.45) is 17.3 Å².